The highest BCUT2D eigenvalue weighted by Crippen LogP contribution is 2.14. The number of nitrogens with two attached hydrogens (primary N) is 2. The summed E-state index contributed by atoms with van der Waals surface area (Å²) < 4.78 is 0. The van der Waals surface area contributed by atoms with Gasteiger partial charge in [0.15, 0.2) is 0 Å². The molecule has 0 saturated heterocycles. The highest BCUT2D eigenvalue weighted by molar-refractivity contribution is 5.85. The fourth-order valence-corrected chi connectivity index (χ4v) is 1.05. The van der Waals surface area contributed by atoms with Crippen molar-refractivity contribution in [2.24, 2.45) is 5.73 Å². The van der Waals surface area contributed by atoms with Crippen molar-refractivity contribution in [2.45, 2.75) is 12.5 Å². The zero-order valence-electron chi connectivity index (χ0n) is 7.31. The molecule has 0 aliphatic carbocycles. The van der Waals surface area contributed by atoms with Gasteiger partial charge in [0.2, 0.25) is 0 Å². The van der Waals surface area contributed by atoms with Gasteiger partial charge >= 0.3 is 0 Å². The van der Waals surface area contributed by atoms with Gasteiger partial charge in [-0.1, -0.05) is 12.1 Å². The van der Waals surface area contributed by atoms with Crippen LogP contribution in [-0.4, -0.2) is 11.7 Å². The van der Waals surface area contributed by atoms with Gasteiger partial charge in [-0.05, 0) is 24.1 Å². The maximum Gasteiger partial charge on any atom is 0.0449 e. The predicted molar refractivity (Wildman–Crippen MR) is 56.7 cm³/mol. The Morgan fingerprint density at radius 2 is 1.77 bits per heavy atom. The first-order valence-corrected chi connectivity index (χ1v) is 3.96. The molecule has 74 valence electrons. The molecule has 5 N–H and O–H groups in total. The zero-order chi connectivity index (χ0) is 8.97. The minimum Gasteiger partial charge on any atom is -0.399 e. The first kappa shape index (κ1) is 12.2. The molecule has 0 saturated carbocycles. The van der Waals surface area contributed by atoms with Crippen LogP contribution >= 0.6 is 12.4 Å². The Labute approximate surface area is 84.2 Å². The van der Waals surface area contributed by atoms with Crippen molar-refractivity contribution >= 4 is 18.1 Å². The van der Waals surface area contributed by atoms with E-state index in [1.807, 2.05) is 24.3 Å². The summed E-state index contributed by atoms with van der Waals surface area (Å²) in [5.41, 5.74) is 13.0. The third-order valence-corrected chi connectivity index (χ3v) is 1.80. The van der Waals surface area contributed by atoms with E-state index >= 15 is 0 Å². The molecule has 0 aromatic heterocycles. The summed E-state index contributed by atoms with van der Waals surface area (Å²) in [5, 5.41) is 8.65. The monoisotopic (exact) mass is 202 g/mol. The number of rotatable bonds is 3. The van der Waals surface area contributed by atoms with Crippen LogP contribution in [0.25, 0.3) is 0 Å². The van der Waals surface area contributed by atoms with E-state index in [0.29, 0.717) is 6.42 Å². The lowest BCUT2D eigenvalue weighted by Crippen LogP contribution is -2.11. The number of halogens is 1. The lowest BCUT2D eigenvalue weighted by Gasteiger charge is -2.09. The third kappa shape index (κ3) is 3.63. The van der Waals surface area contributed by atoms with E-state index in [9.17, 15) is 0 Å². The van der Waals surface area contributed by atoms with Gasteiger partial charge in [-0.3, -0.25) is 0 Å². The van der Waals surface area contributed by atoms with E-state index in [2.05, 4.69) is 0 Å². The standard InChI is InChI=1S/C9H14N2O.ClH/c10-8-3-1-7(2-4-8)9(11)5-6-12;/h1-4,9,12H,5-6,10-11H2;1H/t9-;/m0./s1. The second-order valence-electron chi connectivity index (χ2n) is 2.79. The molecule has 0 bridgehead atoms. The summed E-state index contributed by atoms with van der Waals surface area (Å²) >= 11 is 0. The highest BCUT2D eigenvalue weighted by atomic mass is 35.5. The van der Waals surface area contributed by atoms with Crippen LogP contribution in [0, 0.1) is 0 Å². The number of benzene rings is 1. The lowest BCUT2D eigenvalue weighted by molar-refractivity contribution is 0.276. The van der Waals surface area contributed by atoms with Crippen LogP contribution < -0.4 is 11.5 Å². The van der Waals surface area contributed by atoms with Gasteiger partial charge in [0.05, 0.1) is 0 Å². The normalized spacial score (nSPS) is 11.8. The maximum atomic E-state index is 8.65. The minimum atomic E-state index is -0.0874. The molecule has 0 aliphatic heterocycles. The fourth-order valence-electron chi connectivity index (χ4n) is 1.05. The van der Waals surface area contributed by atoms with Crippen molar-refractivity contribution in [1.29, 1.82) is 0 Å². The van der Waals surface area contributed by atoms with E-state index in [-0.39, 0.29) is 25.1 Å². The largest absolute Gasteiger partial charge is 0.399 e. The number of hydrogen-bond donors (Lipinski definition) is 3. The molecule has 13 heavy (non-hydrogen) atoms. The Hall–Kier alpha value is -0.770. The first-order chi connectivity index (χ1) is 5.74. The quantitative estimate of drug-likeness (QED) is 0.643. The van der Waals surface area contributed by atoms with E-state index in [1.54, 1.807) is 0 Å². The Balaban J connectivity index is 0.00000144. The molecule has 0 radical (unpaired) electrons. The van der Waals surface area contributed by atoms with Crippen molar-refractivity contribution in [3.8, 4) is 0 Å². The average molecular weight is 203 g/mol. The zero-order valence-corrected chi connectivity index (χ0v) is 8.13. The fraction of sp³-hybridized carbons (Fsp3) is 0.333. The molecular formula is C9H15ClN2O. The van der Waals surface area contributed by atoms with Crippen molar-refractivity contribution < 1.29 is 5.11 Å². The second-order valence-corrected chi connectivity index (χ2v) is 2.79. The Morgan fingerprint density at radius 1 is 1.23 bits per heavy atom. The molecular weight excluding hydrogens is 188 g/mol. The molecule has 1 aromatic carbocycles. The van der Waals surface area contributed by atoms with Crippen LogP contribution in [0.2, 0.25) is 0 Å². The van der Waals surface area contributed by atoms with Crippen molar-refractivity contribution in [3.05, 3.63) is 29.8 Å². The van der Waals surface area contributed by atoms with Crippen LogP contribution in [0.4, 0.5) is 5.69 Å². The molecule has 1 aromatic rings. The van der Waals surface area contributed by atoms with Crippen LogP contribution in [0.5, 0.6) is 0 Å². The smallest absolute Gasteiger partial charge is 0.0449 e. The number of hydrogen-bond acceptors (Lipinski definition) is 3. The van der Waals surface area contributed by atoms with Crippen molar-refractivity contribution in [3.63, 3.8) is 0 Å². The van der Waals surface area contributed by atoms with Gasteiger partial charge in [0.25, 0.3) is 0 Å². The van der Waals surface area contributed by atoms with Crippen LogP contribution in [0.1, 0.15) is 18.0 Å². The molecule has 0 spiro atoms. The highest BCUT2D eigenvalue weighted by Gasteiger charge is 2.03. The maximum absolute atomic E-state index is 8.65. The molecule has 4 heteroatoms. The Morgan fingerprint density at radius 3 is 2.23 bits per heavy atom. The van der Waals surface area contributed by atoms with Crippen molar-refractivity contribution in [2.75, 3.05) is 12.3 Å². The number of anilines is 1. The summed E-state index contributed by atoms with van der Waals surface area (Å²) in [6.07, 6.45) is 0.587. The summed E-state index contributed by atoms with van der Waals surface area (Å²) in [5.74, 6) is 0. The summed E-state index contributed by atoms with van der Waals surface area (Å²) in [6, 6.07) is 7.31. The summed E-state index contributed by atoms with van der Waals surface area (Å²) in [7, 11) is 0. The number of nitrogen functional groups attached to an aromatic ring is 1. The number of aliphatic hydroxyl groups is 1. The Kier molecular flexibility index (Phi) is 5.46. The minimum absolute atomic E-state index is 0. The molecule has 1 rings (SSSR count). The van der Waals surface area contributed by atoms with E-state index in [1.165, 1.54) is 0 Å². The van der Waals surface area contributed by atoms with E-state index in [4.69, 9.17) is 16.6 Å². The average Bonchev–Trinajstić information content (AvgIpc) is 2.06. The number of aliphatic hydroxyl groups excluding tert-OH is 1. The topological polar surface area (TPSA) is 72.3 Å². The van der Waals surface area contributed by atoms with Gasteiger partial charge in [-0.2, -0.15) is 0 Å². The van der Waals surface area contributed by atoms with Gasteiger partial charge < -0.3 is 16.6 Å². The predicted octanol–water partition coefficient (Wildman–Crippen LogP) is 1.07. The van der Waals surface area contributed by atoms with E-state index < -0.39 is 0 Å². The first-order valence-electron chi connectivity index (χ1n) is 3.96. The van der Waals surface area contributed by atoms with E-state index in [0.717, 1.165) is 11.3 Å². The second kappa shape index (κ2) is 5.80. The van der Waals surface area contributed by atoms with Gasteiger partial charge in [0.1, 0.15) is 0 Å². The van der Waals surface area contributed by atoms with Gasteiger partial charge in [-0.15, -0.1) is 12.4 Å². The molecule has 0 heterocycles. The SMILES string of the molecule is Cl.Nc1ccc([C@@H](N)CCO)cc1. The molecule has 0 fully saturated rings. The van der Waals surface area contributed by atoms with Gasteiger partial charge in [0, 0.05) is 18.3 Å². The molecule has 3 nitrogen and oxygen atoms in total. The van der Waals surface area contributed by atoms with Crippen LogP contribution in [0.3, 0.4) is 0 Å². The van der Waals surface area contributed by atoms with Crippen LogP contribution in [-0.2, 0) is 0 Å². The summed E-state index contributed by atoms with van der Waals surface area (Å²) in [4.78, 5) is 0. The molecule has 0 aliphatic rings. The summed E-state index contributed by atoms with van der Waals surface area (Å²) in [6.45, 7) is 0.117. The molecule has 0 amide bonds. The lowest BCUT2D eigenvalue weighted by atomic mass is 10.1. The molecule has 0 unspecified atom stereocenters. The van der Waals surface area contributed by atoms with Gasteiger partial charge in [-0.25, -0.2) is 0 Å². The van der Waals surface area contributed by atoms with Crippen LogP contribution in [0.15, 0.2) is 24.3 Å². The Bertz CT molecular complexity index is 238. The molecule has 1 atom stereocenters. The third-order valence-electron chi connectivity index (χ3n) is 1.80. The van der Waals surface area contributed by atoms with Crippen molar-refractivity contribution in [1.82, 2.24) is 0 Å².